The molecule has 0 unspecified atom stereocenters. The standard InChI is InChI=1S/C23H27FN2O2/c1-17(27)25-21-12-8-19(9-13-21)16-23(28)26(22-4-2-3-5-22)15-14-18-6-10-20(24)11-7-18/h6-13,22H,2-5,14-16H2,1H3,(H,25,27). The fraction of sp³-hybridized carbons (Fsp3) is 0.391. The molecule has 0 aromatic heterocycles. The van der Waals surface area contributed by atoms with E-state index in [1.54, 1.807) is 12.1 Å². The second-order valence-electron chi connectivity index (χ2n) is 7.46. The minimum absolute atomic E-state index is 0.114. The van der Waals surface area contributed by atoms with Gasteiger partial charge in [-0.1, -0.05) is 37.1 Å². The van der Waals surface area contributed by atoms with Crippen molar-refractivity contribution in [1.29, 1.82) is 0 Å². The number of halogens is 1. The van der Waals surface area contributed by atoms with Gasteiger partial charge in [0.05, 0.1) is 6.42 Å². The van der Waals surface area contributed by atoms with E-state index < -0.39 is 0 Å². The molecule has 28 heavy (non-hydrogen) atoms. The number of benzene rings is 2. The van der Waals surface area contributed by atoms with Crippen molar-refractivity contribution in [2.75, 3.05) is 11.9 Å². The number of carbonyl (C=O) groups excluding carboxylic acids is 2. The number of nitrogens with one attached hydrogen (secondary N) is 1. The van der Waals surface area contributed by atoms with Gasteiger partial charge in [0.2, 0.25) is 11.8 Å². The van der Waals surface area contributed by atoms with Gasteiger partial charge in [-0.15, -0.1) is 0 Å². The van der Waals surface area contributed by atoms with Gasteiger partial charge in [0.1, 0.15) is 5.82 Å². The molecule has 0 spiro atoms. The lowest BCUT2D eigenvalue weighted by molar-refractivity contribution is -0.132. The number of nitrogens with zero attached hydrogens (tertiary/aromatic N) is 1. The van der Waals surface area contributed by atoms with Crippen LogP contribution in [0.5, 0.6) is 0 Å². The van der Waals surface area contributed by atoms with Crippen molar-refractivity contribution >= 4 is 17.5 Å². The molecule has 4 nitrogen and oxygen atoms in total. The molecule has 2 amide bonds. The number of hydrogen-bond acceptors (Lipinski definition) is 2. The molecule has 1 aliphatic rings. The third kappa shape index (κ3) is 5.65. The summed E-state index contributed by atoms with van der Waals surface area (Å²) >= 11 is 0. The molecule has 0 aliphatic heterocycles. The van der Waals surface area contributed by atoms with E-state index in [2.05, 4.69) is 5.32 Å². The minimum atomic E-state index is -0.241. The molecule has 0 radical (unpaired) electrons. The van der Waals surface area contributed by atoms with Gasteiger partial charge in [-0.25, -0.2) is 4.39 Å². The van der Waals surface area contributed by atoms with Crippen molar-refractivity contribution in [1.82, 2.24) is 4.90 Å². The summed E-state index contributed by atoms with van der Waals surface area (Å²) in [6.45, 7) is 2.12. The second-order valence-corrected chi connectivity index (χ2v) is 7.46. The van der Waals surface area contributed by atoms with Crippen molar-refractivity contribution in [2.45, 2.75) is 51.5 Å². The summed E-state index contributed by atoms with van der Waals surface area (Å²) in [5.74, 6) is -0.228. The van der Waals surface area contributed by atoms with E-state index >= 15 is 0 Å². The summed E-state index contributed by atoms with van der Waals surface area (Å²) < 4.78 is 13.1. The maximum atomic E-state index is 13.1. The van der Waals surface area contributed by atoms with E-state index in [-0.39, 0.29) is 17.6 Å². The van der Waals surface area contributed by atoms with E-state index in [0.29, 0.717) is 19.0 Å². The molecular formula is C23H27FN2O2. The van der Waals surface area contributed by atoms with E-state index in [1.807, 2.05) is 29.2 Å². The van der Waals surface area contributed by atoms with E-state index in [4.69, 9.17) is 0 Å². The third-order valence-electron chi connectivity index (χ3n) is 5.27. The predicted molar refractivity (Wildman–Crippen MR) is 109 cm³/mol. The smallest absolute Gasteiger partial charge is 0.227 e. The average molecular weight is 382 g/mol. The van der Waals surface area contributed by atoms with Crippen molar-refractivity contribution in [3.8, 4) is 0 Å². The van der Waals surface area contributed by atoms with Crippen molar-refractivity contribution in [3.05, 3.63) is 65.5 Å². The Morgan fingerprint density at radius 1 is 1.00 bits per heavy atom. The van der Waals surface area contributed by atoms with Gasteiger partial charge in [-0.05, 0) is 54.7 Å². The number of carbonyl (C=O) groups is 2. The Bertz CT molecular complexity index is 796. The van der Waals surface area contributed by atoms with Gasteiger partial charge in [0, 0.05) is 25.2 Å². The first kappa shape index (κ1) is 20.1. The first-order valence-electron chi connectivity index (χ1n) is 9.92. The topological polar surface area (TPSA) is 49.4 Å². The van der Waals surface area contributed by atoms with Gasteiger partial charge < -0.3 is 10.2 Å². The monoisotopic (exact) mass is 382 g/mol. The largest absolute Gasteiger partial charge is 0.339 e. The average Bonchev–Trinajstić information content (AvgIpc) is 3.19. The molecule has 0 atom stereocenters. The zero-order valence-corrected chi connectivity index (χ0v) is 16.3. The SMILES string of the molecule is CC(=O)Nc1ccc(CC(=O)N(CCc2ccc(F)cc2)C2CCCC2)cc1. The van der Waals surface area contributed by atoms with E-state index in [9.17, 15) is 14.0 Å². The zero-order chi connectivity index (χ0) is 19.9. The summed E-state index contributed by atoms with van der Waals surface area (Å²) in [6.07, 6.45) is 5.50. The number of rotatable bonds is 7. The normalized spacial score (nSPS) is 14.1. The first-order chi connectivity index (χ1) is 13.5. The van der Waals surface area contributed by atoms with Gasteiger partial charge in [-0.2, -0.15) is 0 Å². The van der Waals surface area contributed by atoms with E-state index in [1.165, 1.54) is 19.1 Å². The van der Waals surface area contributed by atoms with Crippen LogP contribution in [0, 0.1) is 5.82 Å². The molecule has 1 fully saturated rings. The zero-order valence-electron chi connectivity index (χ0n) is 16.3. The van der Waals surface area contributed by atoms with Crippen LogP contribution in [0.3, 0.4) is 0 Å². The summed E-state index contributed by atoms with van der Waals surface area (Å²) in [5.41, 5.74) is 2.70. The molecular weight excluding hydrogens is 355 g/mol. The Hall–Kier alpha value is -2.69. The molecule has 5 heteroatoms. The molecule has 0 saturated heterocycles. The molecule has 1 N–H and O–H groups in total. The highest BCUT2D eigenvalue weighted by molar-refractivity contribution is 5.88. The molecule has 0 bridgehead atoms. The van der Waals surface area contributed by atoms with Crippen molar-refractivity contribution in [2.24, 2.45) is 0 Å². The Kier molecular flexibility index (Phi) is 6.80. The van der Waals surface area contributed by atoms with Crippen LogP contribution >= 0.6 is 0 Å². The lowest BCUT2D eigenvalue weighted by Gasteiger charge is -2.29. The van der Waals surface area contributed by atoms with Crippen molar-refractivity contribution in [3.63, 3.8) is 0 Å². The van der Waals surface area contributed by atoms with E-state index in [0.717, 1.165) is 48.9 Å². The maximum absolute atomic E-state index is 13.1. The summed E-state index contributed by atoms with van der Waals surface area (Å²) in [5, 5.41) is 2.73. The highest BCUT2D eigenvalue weighted by Crippen LogP contribution is 2.25. The van der Waals surface area contributed by atoms with Crippen LogP contribution in [0.1, 0.15) is 43.7 Å². The quantitative estimate of drug-likeness (QED) is 0.774. The van der Waals surface area contributed by atoms with Crippen molar-refractivity contribution < 1.29 is 14.0 Å². The van der Waals surface area contributed by atoms with Crippen LogP contribution in [0.2, 0.25) is 0 Å². The predicted octanol–water partition coefficient (Wildman–Crippen LogP) is 4.34. The van der Waals surface area contributed by atoms with Crippen LogP contribution in [-0.4, -0.2) is 29.3 Å². The van der Waals surface area contributed by atoms with Crippen LogP contribution in [0.4, 0.5) is 10.1 Å². The summed E-state index contributed by atoms with van der Waals surface area (Å²) in [4.78, 5) is 26.2. The highest BCUT2D eigenvalue weighted by Gasteiger charge is 2.26. The Labute approximate surface area is 165 Å². The highest BCUT2D eigenvalue weighted by atomic mass is 19.1. The molecule has 2 aromatic rings. The fourth-order valence-electron chi connectivity index (χ4n) is 3.81. The third-order valence-corrected chi connectivity index (χ3v) is 5.27. The lowest BCUT2D eigenvalue weighted by Crippen LogP contribution is -2.41. The van der Waals surface area contributed by atoms with Crippen LogP contribution in [-0.2, 0) is 22.4 Å². The Morgan fingerprint density at radius 2 is 1.61 bits per heavy atom. The Morgan fingerprint density at radius 3 is 2.21 bits per heavy atom. The first-order valence-corrected chi connectivity index (χ1v) is 9.92. The van der Waals surface area contributed by atoms with Crippen LogP contribution in [0.15, 0.2) is 48.5 Å². The minimum Gasteiger partial charge on any atom is -0.339 e. The van der Waals surface area contributed by atoms with Gasteiger partial charge in [-0.3, -0.25) is 9.59 Å². The molecule has 2 aromatic carbocycles. The van der Waals surface area contributed by atoms with Gasteiger partial charge >= 0.3 is 0 Å². The summed E-state index contributed by atoms with van der Waals surface area (Å²) in [7, 11) is 0. The maximum Gasteiger partial charge on any atom is 0.227 e. The van der Waals surface area contributed by atoms with Gasteiger partial charge in [0.15, 0.2) is 0 Å². The molecule has 1 aliphatic carbocycles. The molecule has 3 rings (SSSR count). The summed E-state index contributed by atoms with van der Waals surface area (Å²) in [6, 6.07) is 14.2. The van der Waals surface area contributed by atoms with Gasteiger partial charge in [0.25, 0.3) is 0 Å². The molecule has 1 saturated carbocycles. The Balaban J connectivity index is 1.64. The van der Waals surface area contributed by atoms with Crippen LogP contribution in [0.25, 0.3) is 0 Å². The number of amides is 2. The number of hydrogen-bond donors (Lipinski definition) is 1. The molecule has 0 heterocycles. The lowest BCUT2D eigenvalue weighted by atomic mass is 10.1. The molecule has 148 valence electrons. The second kappa shape index (κ2) is 9.49. The number of anilines is 1. The van der Waals surface area contributed by atoms with Crippen LogP contribution < -0.4 is 5.32 Å². The fourth-order valence-corrected chi connectivity index (χ4v) is 3.81.